The first-order chi connectivity index (χ1) is 14.8. The highest BCUT2D eigenvalue weighted by atomic mass is 32.2. The van der Waals surface area contributed by atoms with Gasteiger partial charge in [-0.1, -0.05) is 59.1 Å². The third kappa shape index (κ3) is 7.09. The summed E-state index contributed by atoms with van der Waals surface area (Å²) in [5.41, 5.74) is 3.73. The number of rotatable bonds is 8. The van der Waals surface area contributed by atoms with Crippen LogP contribution in [0.3, 0.4) is 0 Å². The van der Waals surface area contributed by atoms with Crippen LogP contribution in [0.15, 0.2) is 57.2 Å². The van der Waals surface area contributed by atoms with Gasteiger partial charge in [-0.3, -0.25) is 9.59 Å². The van der Waals surface area contributed by atoms with Crippen LogP contribution in [0.25, 0.3) is 0 Å². The van der Waals surface area contributed by atoms with Crippen LogP contribution in [0.2, 0.25) is 0 Å². The standard InChI is InChI=1S/C22H24N4O2S3/c1-13-7-5-9-17(11-13)23-19(27)15(3)29-21-25-26-22(31-21)30-16(4)20(28)24-18-10-6-8-14(2)12-18/h5-12,15-16H,1-4H3,(H,23,27)(H,24,28). The number of benzene rings is 2. The lowest BCUT2D eigenvalue weighted by Gasteiger charge is -2.11. The number of amides is 2. The minimum atomic E-state index is -0.326. The third-order valence-corrected chi connectivity index (χ3v) is 7.54. The molecule has 162 valence electrons. The molecule has 3 aromatic rings. The first-order valence-electron chi connectivity index (χ1n) is 9.72. The van der Waals surface area contributed by atoms with E-state index in [0.29, 0.717) is 8.68 Å². The molecule has 0 aliphatic heterocycles. The fourth-order valence-corrected chi connectivity index (χ4v) is 5.94. The minimum Gasteiger partial charge on any atom is -0.325 e. The molecule has 6 nitrogen and oxygen atoms in total. The van der Waals surface area contributed by atoms with Crippen LogP contribution < -0.4 is 10.6 Å². The van der Waals surface area contributed by atoms with E-state index in [4.69, 9.17) is 0 Å². The Morgan fingerprint density at radius 3 is 1.61 bits per heavy atom. The Labute approximate surface area is 194 Å². The number of thioether (sulfide) groups is 2. The molecule has 0 radical (unpaired) electrons. The monoisotopic (exact) mass is 472 g/mol. The van der Waals surface area contributed by atoms with Gasteiger partial charge in [0, 0.05) is 11.4 Å². The van der Waals surface area contributed by atoms with Crippen molar-refractivity contribution in [3.63, 3.8) is 0 Å². The Kier molecular flexibility index (Phi) is 8.11. The molecule has 2 atom stereocenters. The number of aryl methyl sites for hydroxylation is 2. The maximum atomic E-state index is 12.5. The predicted octanol–water partition coefficient (Wildman–Crippen LogP) is 5.39. The van der Waals surface area contributed by atoms with E-state index in [2.05, 4.69) is 20.8 Å². The number of hydrogen-bond donors (Lipinski definition) is 2. The van der Waals surface area contributed by atoms with E-state index in [0.717, 1.165) is 22.5 Å². The second kappa shape index (κ2) is 10.8. The molecule has 0 spiro atoms. The average molecular weight is 473 g/mol. The fraction of sp³-hybridized carbons (Fsp3) is 0.273. The summed E-state index contributed by atoms with van der Waals surface area (Å²) in [6.07, 6.45) is 0. The molecule has 0 aliphatic carbocycles. The van der Waals surface area contributed by atoms with Crippen molar-refractivity contribution in [2.45, 2.75) is 46.9 Å². The molecule has 2 amide bonds. The number of carbonyl (C=O) groups excluding carboxylic acids is 2. The van der Waals surface area contributed by atoms with E-state index in [1.54, 1.807) is 0 Å². The average Bonchev–Trinajstić information content (AvgIpc) is 3.14. The van der Waals surface area contributed by atoms with E-state index in [1.165, 1.54) is 34.9 Å². The summed E-state index contributed by atoms with van der Waals surface area (Å²) < 4.78 is 1.39. The third-order valence-electron chi connectivity index (χ3n) is 4.25. The first kappa shape index (κ1) is 23.3. The lowest BCUT2D eigenvalue weighted by Crippen LogP contribution is -2.22. The van der Waals surface area contributed by atoms with Crippen LogP contribution >= 0.6 is 34.9 Å². The summed E-state index contributed by atoms with van der Waals surface area (Å²) >= 11 is 4.09. The van der Waals surface area contributed by atoms with Gasteiger partial charge in [-0.25, -0.2) is 0 Å². The van der Waals surface area contributed by atoms with Crippen LogP contribution in [0, 0.1) is 13.8 Å². The first-order valence-corrected chi connectivity index (χ1v) is 12.3. The van der Waals surface area contributed by atoms with Gasteiger partial charge in [0.2, 0.25) is 11.8 Å². The maximum absolute atomic E-state index is 12.5. The molecule has 2 unspecified atom stereocenters. The summed E-state index contributed by atoms with van der Waals surface area (Å²) in [6.45, 7) is 7.64. The predicted molar refractivity (Wildman–Crippen MR) is 130 cm³/mol. The maximum Gasteiger partial charge on any atom is 0.237 e. The van der Waals surface area contributed by atoms with E-state index in [1.807, 2.05) is 76.2 Å². The topological polar surface area (TPSA) is 84.0 Å². The highest BCUT2D eigenvalue weighted by Gasteiger charge is 2.20. The van der Waals surface area contributed by atoms with E-state index in [-0.39, 0.29) is 22.3 Å². The van der Waals surface area contributed by atoms with Gasteiger partial charge in [-0.05, 0) is 63.1 Å². The van der Waals surface area contributed by atoms with Crippen LogP contribution in [-0.2, 0) is 9.59 Å². The molecule has 0 saturated carbocycles. The normalized spacial score (nSPS) is 12.8. The Morgan fingerprint density at radius 1 is 0.806 bits per heavy atom. The molecular weight excluding hydrogens is 448 g/mol. The smallest absolute Gasteiger partial charge is 0.237 e. The molecule has 0 saturated heterocycles. The van der Waals surface area contributed by atoms with Crippen molar-refractivity contribution in [2.24, 2.45) is 0 Å². The summed E-state index contributed by atoms with van der Waals surface area (Å²) in [4.78, 5) is 24.9. The minimum absolute atomic E-state index is 0.0918. The molecule has 3 rings (SSSR count). The van der Waals surface area contributed by atoms with Crippen molar-refractivity contribution in [3.05, 3.63) is 59.7 Å². The largest absolute Gasteiger partial charge is 0.325 e. The molecule has 0 aliphatic rings. The van der Waals surface area contributed by atoms with Crippen LogP contribution in [0.1, 0.15) is 25.0 Å². The van der Waals surface area contributed by atoms with Crippen molar-refractivity contribution >= 4 is 58.0 Å². The molecule has 1 heterocycles. The number of carbonyl (C=O) groups is 2. The van der Waals surface area contributed by atoms with E-state index < -0.39 is 0 Å². The molecule has 31 heavy (non-hydrogen) atoms. The van der Waals surface area contributed by atoms with E-state index in [9.17, 15) is 9.59 Å². The molecule has 0 bridgehead atoms. The van der Waals surface area contributed by atoms with Crippen molar-refractivity contribution < 1.29 is 9.59 Å². The summed E-state index contributed by atoms with van der Waals surface area (Å²) in [5, 5.41) is 13.5. The molecule has 2 N–H and O–H groups in total. The molecule has 0 fully saturated rings. The van der Waals surface area contributed by atoms with Crippen molar-refractivity contribution in [1.82, 2.24) is 10.2 Å². The molecule has 1 aromatic heterocycles. The second-order valence-electron chi connectivity index (χ2n) is 7.07. The van der Waals surface area contributed by atoms with Gasteiger partial charge < -0.3 is 10.6 Å². The van der Waals surface area contributed by atoms with Gasteiger partial charge >= 0.3 is 0 Å². The zero-order valence-electron chi connectivity index (χ0n) is 17.7. The van der Waals surface area contributed by atoms with Gasteiger partial charge in [0.1, 0.15) is 0 Å². The van der Waals surface area contributed by atoms with Crippen LogP contribution in [-0.4, -0.2) is 32.5 Å². The van der Waals surface area contributed by atoms with Gasteiger partial charge in [0.05, 0.1) is 10.5 Å². The summed E-state index contributed by atoms with van der Waals surface area (Å²) in [6, 6.07) is 15.4. The van der Waals surface area contributed by atoms with Crippen LogP contribution in [0.4, 0.5) is 11.4 Å². The number of nitrogens with zero attached hydrogens (tertiary/aromatic N) is 2. The lowest BCUT2D eigenvalue weighted by atomic mass is 10.2. The lowest BCUT2D eigenvalue weighted by molar-refractivity contribution is -0.116. The molecule has 2 aromatic carbocycles. The zero-order valence-corrected chi connectivity index (χ0v) is 20.2. The number of hydrogen-bond acceptors (Lipinski definition) is 7. The summed E-state index contributed by atoms with van der Waals surface area (Å²) in [5.74, 6) is -0.184. The van der Waals surface area contributed by atoms with Gasteiger partial charge in [0.15, 0.2) is 8.68 Å². The Bertz CT molecular complexity index is 988. The molecular formula is C22H24N4O2S3. The Balaban J connectivity index is 1.52. The summed E-state index contributed by atoms with van der Waals surface area (Å²) in [7, 11) is 0. The van der Waals surface area contributed by atoms with Crippen LogP contribution in [0.5, 0.6) is 0 Å². The SMILES string of the molecule is Cc1cccc(NC(=O)C(C)Sc2nnc(SC(C)C(=O)Nc3cccc(C)c3)s2)c1. The van der Waals surface area contributed by atoms with Gasteiger partial charge in [0.25, 0.3) is 0 Å². The Morgan fingerprint density at radius 2 is 1.23 bits per heavy atom. The van der Waals surface area contributed by atoms with Gasteiger partial charge in [-0.15, -0.1) is 10.2 Å². The Hall–Kier alpha value is -2.36. The van der Waals surface area contributed by atoms with Crippen molar-refractivity contribution in [3.8, 4) is 0 Å². The zero-order chi connectivity index (χ0) is 22.4. The highest BCUT2D eigenvalue weighted by molar-refractivity contribution is 8.04. The number of nitrogens with one attached hydrogen (secondary N) is 2. The number of anilines is 2. The highest BCUT2D eigenvalue weighted by Crippen LogP contribution is 2.33. The molecule has 9 heteroatoms. The van der Waals surface area contributed by atoms with Crippen molar-refractivity contribution in [1.29, 1.82) is 0 Å². The second-order valence-corrected chi connectivity index (χ2v) is 11.2. The number of aromatic nitrogens is 2. The quantitative estimate of drug-likeness (QED) is 0.428. The van der Waals surface area contributed by atoms with Crippen molar-refractivity contribution in [2.75, 3.05) is 10.6 Å². The van der Waals surface area contributed by atoms with E-state index >= 15 is 0 Å². The fourth-order valence-electron chi connectivity index (χ4n) is 2.64. The van der Waals surface area contributed by atoms with Gasteiger partial charge in [-0.2, -0.15) is 0 Å².